The Morgan fingerprint density at radius 3 is 2.67 bits per heavy atom. The Morgan fingerprint density at radius 1 is 1.24 bits per heavy atom. The molecule has 0 aromatic carbocycles. The average Bonchev–Trinajstić information content (AvgIpc) is 2.74. The highest BCUT2D eigenvalue weighted by atomic mass is 35.5. The first-order valence-electron chi connectivity index (χ1n) is 7.25. The van der Waals surface area contributed by atoms with Crippen molar-refractivity contribution < 1.29 is 4.79 Å². The normalized spacial score (nSPS) is 15.8. The van der Waals surface area contributed by atoms with Crippen LogP contribution in [0.4, 0.5) is 0 Å². The maximum absolute atomic E-state index is 12.7. The summed E-state index contributed by atoms with van der Waals surface area (Å²) in [5, 5.41) is 0. The van der Waals surface area contributed by atoms with Crippen molar-refractivity contribution in [1.29, 1.82) is 0 Å². The number of carbonyl (C=O) groups is 1. The Labute approximate surface area is 133 Å². The molecular formula is C16H17ClN2OS. The zero-order chi connectivity index (χ0) is 14.7. The molecule has 21 heavy (non-hydrogen) atoms. The fourth-order valence-corrected chi connectivity index (χ4v) is 3.86. The Kier molecular flexibility index (Phi) is 4.56. The van der Waals surface area contributed by atoms with E-state index in [-0.39, 0.29) is 5.91 Å². The highest BCUT2D eigenvalue weighted by molar-refractivity contribution is 7.19. The molecule has 110 valence electrons. The van der Waals surface area contributed by atoms with Crippen LogP contribution in [0.25, 0.3) is 10.4 Å². The molecule has 0 spiro atoms. The molecule has 0 radical (unpaired) electrons. The molecule has 3 nitrogen and oxygen atoms in total. The SMILES string of the molecule is O=C(c1cc(-c2cccnc2)sc1Cl)N1CCCCCC1. The summed E-state index contributed by atoms with van der Waals surface area (Å²) in [6, 6.07) is 5.77. The van der Waals surface area contributed by atoms with Gasteiger partial charge < -0.3 is 4.90 Å². The van der Waals surface area contributed by atoms with Crippen molar-refractivity contribution in [3.8, 4) is 10.4 Å². The van der Waals surface area contributed by atoms with Crippen LogP contribution in [-0.4, -0.2) is 28.9 Å². The molecule has 2 aromatic heterocycles. The minimum absolute atomic E-state index is 0.0632. The van der Waals surface area contributed by atoms with Crippen LogP contribution in [-0.2, 0) is 0 Å². The first kappa shape index (κ1) is 14.5. The van der Waals surface area contributed by atoms with E-state index in [1.165, 1.54) is 24.2 Å². The van der Waals surface area contributed by atoms with Gasteiger partial charge >= 0.3 is 0 Å². The van der Waals surface area contributed by atoms with Gasteiger partial charge in [0.05, 0.1) is 5.56 Å². The van der Waals surface area contributed by atoms with Crippen LogP contribution >= 0.6 is 22.9 Å². The second-order valence-corrected chi connectivity index (χ2v) is 6.90. The predicted molar refractivity (Wildman–Crippen MR) is 86.9 cm³/mol. The lowest BCUT2D eigenvalue weighted by Crippen LogP contribution is -2.31. The molecule has 3 rings (SSSR count). The summed E-state index contributed by atoms with van der Waals surface area (Å²) in [4.78, 5) is 19.7. The van der Waals surface area contributed by atoms with E-state index in [4.69, 9.17) is 11.6 Å². The van der Waals surface area contributed by atoms with E-state index in [0.717, 1.165) is 36.4 Å². The minimum Gasteiger partial charge on any atom is -0.339 e. The van der Waals surface area contributed by atoms with E-state index in [9.17, 15) is 4.79 Å². The molecule has 5 heteroatoms. The topological polar surface area (TPSA) is 33.2 Å². The predicted octanol–water partition coefficient (Wildman–Crippen LogP) is 4.48. The Bertz CT molecular complexity index is 618. The smallest absolute Gasteiger partial charge is 0.256 e. The van der Waals surface area contributed by atoms with Crippen LogP contribution in [0.1, 0.15) is 36.0 Å². The molecule has 2 aromatic rings. The van der Waals surface area contributed by atoms with E-state index in [1.54, 1.807) is 12.4 Å². The van der Waals surface area contributed by atoms with E-state index < -0.39 is 0 Å². The fourth-order valence-electron chi connectivity index (χ4n) is 2.61. The molecule has 0 atom stereocenters. The summed E-state index contributed by atoms with van der Waals surface area (Å²) in [6.07, 6.45) is 8.13. The second-order valence-electron chi connectivity index (χ2n) is 5.25. The van der Waals surface area contributed by atoms with Gasteiger partial charge in [0.15, 0.2) is 0 Å². The fraction of sp³-hybridized carbons (Fsp3) is 0.375. The number of rotatable bonds is 2. The number of pyridine rings is 1. The van der Waals surface area contributed by atoms with Crippen molar-refractivity contribution in [2.24, 2.45) is 0 Å². The Morgan fingerprint density at radius 2 is 2.00 bits per heavy atom. The van der Waals surface area contributed by atoms with E-state index in [0.29, 0.717) is 9.90 Å². The molecule has 0 aliphatic carbocycles. The van der Waals surface area contributed by atoms with Crippen LogP contribution in [0.15, 0.2) is 30.6 Å². The molecule has 0 N–H and O–H groups in total. The van der Waals surface area contributed by atoms with Gasteiger partial charge in [-0.3, -0.25) is 9.78 Å². The Hall–Kier alpha value is -1.39. The summed E-state index contributed by atoms with van der Waals surface area (Å²) in [6.45, 7) is 1.68. The lowest BCUT2D eigenvalue weighted by Gasteiger charge is -2.19. The first-order chi connectivity index (χ1) is 10.3. The Balaban J connectivity index is 1.85. The summed E-state index contributed by atoms with van der Waals surface area (Å²) >= 11 is 7.74. The third-order valence-corrected chi connectivity index (χ3v) is 5.16. The molecular weight excluding hydrogens is 304 g/mol. The standard InChI is InChI=1S/C16H17ClN2OS/c17-15-13(16(20)19-8-3-1-2-4-9-19)10-14(21-15)12-6-5-7-18-11-12/h5-7,10-11H,1-4,8-9H2. The second kappa shape index (κ2) is 6.58. The van der Waals surface area contributed by atoms with Crippen LogP contribution in [0, 0.1) is 0 Å². The van der Waals surface area contributed by atoms with Crippen molar-refractivity contribution in [1.82, 2.24) is 9.88 Å². The van der Waals surface area contributed by atoms with Gasteiger partial charge in [0.2, 0.25) is 0 Å². The number of carbonyl (C=O) groups excluding carboxylic acids is 1. The van der Waals surface area contributed by atoms with E-state index >= 15 is 0 Å². The zero-order valence-electron chi connectivity index (χ0n) is 11.7. The maximum Gasteiger partial charge on any atom is 0.256 e. The number of hydrogen-bond donors (Lipinski definition) is 0. The summed E-state index contributed by atoms with van der Waals surface area (Å²) in [5.41, 5.74) is 1.63. The van der Waals surface area contributed by atoms with E-state index in [2.05, 4.69) is 4.98 Å². The van der Waals surface area contributed by atoms with Crippen molar-refractivity contribution in [2.75, 3.05) is 13.1 Å². The highest BCUT2D eigenvalue weighted by Crippen LogP contribution is 2.35. The molecule has 1 amide bonds. The van der Waals surface area contributed by atoms with Gasteiger partial charge in [-0.15, -0.1) is 11.3 Å². The number of likely N-dealkylation sites (tertiary alicyclic amines) is 1. The largest absolute Gasteiger partial charge is 0.339 e. The van der Waals surface area contributed by atoms with Crippen molar-refractivity contribution >= 4 is 28.8 Å². The van der Waals surface area contributed by atoms with Gasteiger partial charge in [-0.1, -0.05) is 30.5 Å². The van der Waals surface area contributed by atoms with Crippen molar-refractivity contribution in [2.45, 2.75) is 25.7 Å². The zero-order valence-corrected chi connectivity index (χ0v) is 13.3. The number of halogens is 1. The van der Waals surface area contributed by atoms with Gasteiger partial charge in [0.25, 0.3) is 5.91 Å². The lowest BCUT2D eigenvalue weighted by atomic mass is 10.2. The van der Waals surface area contributed by atoms with Gasteiger partial charge in [0, 0.05) is 35.9 Å². The quantitative estimate of drug-likeness (QED) is 0.817. The van der Waals surface area contributed by atoms with Crippen LogP contribution in [0.5, 0.6) is 0 Å². The average molecular weight is 321 g/mol. The number of aromatic nitrogens is 1. The number of nitrogens with zero attached hydrogens (tertiary/aromatic N) is 2. The first-order valence-corrected chi connectivity index (χ1v) is 8.44. The third kappa shape index (κ3) is 3.27. The number of amides is 1. The molecule has 1 aliphatic rings. The molecule has 3 heterocycles. The van der Waals surface area contributed by atoms with Crippen LogP contribution in [0.3, 0.4) is 0 Å². The summed E-state index contributed by atoms with van der Waals surface area (Å²) < 4.78 is 0.572. The number of hydrogen-bond acceptors (Lipinski definition) is 3. The van der Waals surface area contributed by atoms with Crippen LogP contribution < -0.4 is 0 Å². The van der Waals surface area contributed by atoms with Crippen molar-refractivity contribution in [3.05, 3.63) is 40.5 Å². The van der Waals surface area contributed by atoms with Crippen LogP contribution in [0.2, 0.25) is 4.34 Å². The summed E-state index contributed by atoms with van der Waals surface area (Å²) in [7, 11) is 0. The summed E-state index contributed by atoms with van der Waals surface area (Å²) in [5.74, 6) is 0.0632. The molecule has 1 saturated heterocycles. The van der Waals surface area contributed by atoms with Gasteiger partial charge in [-0.05, 0) is 25.0 Å². The van der Waals surface area contributed by atoms with Gasteiger partial charge in [-0.2, -0.15) is 0 Å². The minimum atomic E-state index is 0.0632. The van der Waals surface area contributed by atoms with Gasteiger partial charge in [0.1, 0.15) is 4.34 Å². The molecule has 0 bridgehead atoms. The monoisotopic (exact) mass is 320 g/mol. The molecule has 1 fully saturated rings. The van der Waals surface area contributed by atoms with E-state index in [1.807, 2.05) is 23.1 Å². The van der Waals surface area contributed by atoms with Crippen molar-refractivity contribution in [3.63, 3.8) is 0 Å². The highest BCUT2D eigenvalue weighted by Gasteiger charge is 2.22. The molecule has 1 aliphatic heterocycles. The third-order valence-electron chi connectivity index (χ3n) is 3.76. The lowest BCUT2D eigenvalue weighted by molar-refractivity contribution is 0.0762. The van der Waals surface area contributed by atoms with Gasteiger partial charge in [-0.25, -0.2) is 0 Å². The number of thiophene rings is 1. The molecule has 0 unspecified atom stereocenters. The maximum atomic E-state index is 12.7. The molecule has 0 saturated carbocycles.